The molecule has 0 aromatic carbocycles. The van der Waals surface area contributed by atoms with Crippen molar-refractivity contribution in [2.24, 2.45) is 5.92 Å². The summed E-state index contributed by atoms with van der Waals surface area (Å²) in [6.07, 6.45) is 1.80. The lowest BCUT2D eigenvalue weighted by atomic mass is 9.99. The van der Waals surface area contributed by atoms with Crippen LogP contribution in [0.1, 0.15) is 20.3 Å². The van der Waals surface area contributed by atoms with Crippen LogP contribution in [0.4, 0.5) is 0 Å². The van der Waals surface area contributed by atoms with E-state index in [1.54, 1.807) is 0 Å². The lowest BCUT2D eigenvalue weighted by Crippen LogP contribution is -2.31. The minimum atomic E-state index is 0.173. The smallest absolute Gasteiger partial charge is 0.112 e. The standard InChI is InChI=1S/C10H18O3/c1-3-7-5-12-10-8(11-4-2)6-13-9(7)10/h7-10H,3-6H2,1-2H3/t7-,8+,9-,10-/m1/s1. The molecule has 0 bridgehead atoms. The van der Waals surface area contributed by atoms with Crippen LogP contribution in [0.3, 0.4) is 0 Å². The average molecular weight is 186 g/mol. The molecule has 2 aliphatic rings. The Labute approximate surface area is 79.4 Å². The van der Waals surface area contributed by atoms with Crippen molar-refractivity contribution < 1.29 is 14.2 Å². The van der Waals surface area contributed by atoms with Crippen LogP contribution in [0.25, 0.3) is 0 Å². The van der Waals surface area contributed by atoms with Gasteiger partial charge in [0.1, 0.15) is 12.2 Å². The Bertz CT molecular complexity index is 172. The Kier molecular flexibility index (Phi) is 2.86. The molecule has 2 rings (SSSR count). The van der Waals surface area contributed by atoms with E-state index in [-0.39, 0.29) is 12.2 Å². The molecule has 0 aromatic heterocycles. The van der Waals surface area contributed by atoms with Gasteiger partial charge in [-0.05, 0) is 13.3 Å². The van der Waals surface area contributed by atoms with Crippen LogP contribution < -0.4 is 0 Å². The molecule has 2 fully saturated rings. The van der Waals surface area contributed by atoms with Gasteiger partial charge in [0.15, 0.2) is 0 Å². The summed E-state index contributed by atoms with van der Waals surface area (Å²) >= 11 is 0. The van der Waals surface area contributed by atoms with Crippen LogP contribution in [0.5, 0.6) is 0 Å². The number of hydrogen-bond donors (Lipinski definition) is 0. The molecular formula is C10H18O3. The van der Waals surface area contributed by atoms with Crippen LogP contribution in [-0.4, -0.2) is 38.1 Å². The molecule has 2 heterocycles. The summed E-state index contributed by atoms with van der Waals surface area (Å²) in [5.74, 6) is 0.579. The molecule has 4 atom stereocenters. The van der Waals surface area contributed by atoms with Gasteiger partial charge in [0.05, 0.1) is 19.3 Å². The van der Waals surface area contributed by atoms with Crippen molar-refractivity contribution in [3.63, 3.8) is 0 Å². The first-order valence-corrected chi connectivity index (χ1v) is 5.21. The van der Waals surface area contributed by atoms with Crippen LogP contribution >= 0.6 is 0 Å². The predicted molar refractivity (Wildman–Crippen MR) is 48.7 cm³/mol. The Morgan fingerprint density at radius 2 is 1.92 bits per heavy atom. The van der Waals surface area contributed by atoms with E-state index in [1.807, 2.05) is 6.92 Å². The zero-order chi connectivity index (χ0) is 9.26. The second-order valence-electron chi connectivity index (χ2n) is 3.76. The molecule has 0 aliphatic carbocycles. The Morgan fingerprint density at radius 1 is 1.15 bits per heavy atom. The molecule has 0 spiro atoms. The molecule has 0 amide bonds. The highest BCUT2D eigenvalue weighted by atomic mass is 16.6. The van der Waals surface area contributed by atoms with Gasteiger partial charge in [-0.1, -0.05) is 6.92 Å². The van der Waals surface area contributed by atoms with Crippen molar-refractivity contribution in [1.29, 1.82) is 0 Å². The summed E-state index contributed by atoms with van der Waals surface area (Å²) in [6, 6.07) is 0. The zero-order valence-electron chi connectivity index (χ0n) is 8.36. The molecule has 2 saturated heterocycles. The van der Waals surface area contributed by atoms with E-state index in [2.05, 4.69) is 6.92 Å². The minimum Gasteiger partial charge on any atom is -0.373 e. The van der Waals surface area contributed by atoms with E-state index in [0.29, 0.717) is 18.6 Å². The van der Waals surface area contributed by atoms with Crippen LogP contribution in [0, 0.1) is 5.92 Å². The fraction of sp³-hybridized carbons (Fsp3) is 1.00. The molecule has 2 aliphatic heterocycles. The van der Waals surface area contributed by atoms with E-state index in [9.17, 15) is 0 Å². The van der Waals surface area contributed by atoms with Crippen LogP contribution in [-0.2, 0) is 14.2 Å². The molecule has 3 nitrogen and oxygen atoms in total. The van der Waals surface area contributed by atoms with Gasteiger partial charge >= 0.3 is 0 Å². The maximum absolute atomic E-state index is 5.70. The Hall–Kier alpha value is -0.120. The summed E-state index contributed by atoms with van der Waals surface area (Å²) in [5, 5.41) is 0. The highest BCUT2D eigenvalue weighted by Crippen LogP contribution is 2.33. The van der Waals surface area contributed by atoms with Gasteiger partial charge in [-0.2, -0.15) is 0 Å². The monoisotopic (exact) mass is 186 g/mol. The summed E-state index contributed by atoms with van der Waals surface area (Å²) < 4.78 is 17.0. The van der Waals surface area contributed by atoms with Gasteiger partial charge < -0.3 is 14.2 Å². The second kappa shape index (κ2) is 3.95. The topological polar surface area (TPSA) is 27.7 Å². The van der Waals surface area contributed by atoms with Crippen molar-refractivity contribution in [1.82, 2.24) is 0 Å². The van der Waals surface area contributed by atoms with Crippen molar-refractivity contribution >= 4 is 0 Å². The van der Waals surface area contributed by atoms with Gasteiger partial charge in [0.2, 0.25) is 0 Å². The fourth-order valence-corrected chi connectivity index (χ4v) is 2.25. The third-order valence-corrected chi connectivity index (χ3v) is 3.02. The highest BCUT2D eigenvalue weighted by Gasteiger charge is 2.47. The molecule has 0 N–H and O–H groups in total. The normalized spacial score (nSPS) is 43.8. The lowest BCUT2D eigenvalue weighted by Gasteiger charge is -2.15. The van der Waals surface area contributed by atoms with Gasteiger partial charge in [0.25, 0.3) is 0 Å². The molecule has 0 saturated carbocycles. The zero-order valence-corrected chi connectivity index (χ0v) is 8.36. The molecule has 0 unspecified atom stereocenters. The van der Waals surface area contributed by atoms with Gasteiger partial charge in [-0.15, -0.1) is 0 Å². The number of ether oxygens (including phenoxy) is 3. The quantitative estimate of drug-likeness (QED) is 0.663. The third-order valence-electron chi connectivity index (χ3n) is 3.02. The van der Waals surface area contributed by atoms with Crippen molar-refractivity contribution in [3.05, 3.63) is 0 Å². The first-order valence-electron chi connectivity index (χ1n) is 5.21. The van der Waals surface area contributed by atoms with Gasteiger partial charge in [0, 0.05) is 12.5 Å². The van der Waals surface area contributed by atoms with E-state index in [4.69, 9.17) is 14.2 Å². The first-order chi connectivity index (χ1) is 6.36. The average Bonchev–Trinajstić information content (AvgIpc) is 2.68. The van der Waals surface area contributed by atoms with Crippen molar-refractivity contribution in [2.75, 3.05) is 19.8 Å². The maximum Gasteiger partial charge on any atom is 0.112 e. The largest absolute Gasteiger partial charge is 0.373 e. The van der Waals surface area contributed by atoms with E-state index >= 15 is 0 Å². The summed E-state index contributed by atoms with van der Waals surface area (Å²) in [4.78, 5) is 0. The lowest BCUT2D eigenvalue weighted by molar-refractivity contribution is -0.0278. The van der Waals surface area contributed by atoms with E-state index in [0.717, 1.165) is 19.6 Å². The third kappa shape index (κ3) is 1.60. The second-order valence-corrected chi connectivity index (χ2v) is 3.76. The molecule has 13 heavy (non-hydrogen) atoms. The van der Waals surface area contributed by atoms with Gasteiger partial charge in [-0.3, -0.25) is 0 Å². The predicted octanol–water partition coefficient (Wildman–Crippen LogP) is 1.22. The van der Waals surface area contributed by atoms with Crippen LogP contribution in [0.2, 0.25) is 0 Å². The molecule has 3 heteroatoms. The SMILES string of the molecule is CCO[C@H]1CO[C@@H]2[C@H](CC)CO[C@@H]21. The molecule has 76 valence electrons. The van der Waals surface area contributed by atoms with Crippen molar-refractivity contribution in [3.8, 4) is 0 Å². The Balaban J connectivity index is 1.95. The summed E-state index contributed by atoms with van der Waals surface area (Å²) in [6.45, 7) is 6.50. The molecule has 0 aromatic rings. The highest BCUT2D eigenvalue weighted by molar-refractivity contribution is 4.94. The molecule has 0 radical (unpaired) electrons. The first kappa shape index (κ1) is 9.44. The fourth-order valence-electron chi connectivity index (χ4n) is 2.25. The van der Waals surface area contributed by atoms with Crippen molar-refractivity contribution in [2.45, 2.75) is 38.6 Å². The molecular weight excluding hydrogens is 168 g/mol. The maximum atomic E-state index is 5.70. The number of hydrogen-bond acceptors (Lipinski definition) is 3. The number of rotatable bonds is 3. The van der Waals surface area contributed by atoms with E-state index in [1.165, 1.54) is 0 Å². The van der Waals surface area contributed by atoms with Crippen LogP contribution in [0.15, 0.2) is 0 Å². The Morgan fingerprint density at radius 3 is 2.62 bits per heavy atom. The summed E-state index contributed by atoms with van der Waals surface area (Å²) in [5.41, 5.74) is 0. The van der Waals surface area contributed by atoms with Gasteiger partial charge in [-0.25, -0.2) is 0 Å². The van der Waals surface area contributed by atoms with E-state index < -0.39 is 0 Å². The minimum absolute atomic E-state index is 0.173. The summed E-state index contributed by atoms with van der Waals surface area (Å²) in [7, 11) is 0. The number of fused-ring (bicyclic) bond motifs is 1.